The van der Waals surface area contributed by atoms with Gasteiger partial charge < -0.3 is 15.0 Å². The van der Waals surface area contributed by atoms with Crippen molar-refractivity contribution in [3.8, 4) is 0 Å². The van der Waals surface area contributed by atoms with Crippen molar-refractivity contribution >= 4 is 29.2 Å². The summed E-state index contributed by atoms with van der Waals surface area (Å²) in [6.45, 7) is 5.74. The monoisotopic (exact) mass is 332 g/mol. The van der Waals surface area contributed by atoms with Crippen LogP contribution < -0.4 is 10.2 Å². The molecule has 1 aliphatic rings. The molecular formula is C18H24N2O4. The highest BCUT2D eigenvalue weighted by Crippen LogP contribution is 2.27. The smallest absolute Gasteiger partial charge is 0.308 e. The number of carbonyl (C=O) groups is 3. The molecule has 24 heavy (non-hydrogen) atoms. The summed E-state index contributed by atoms with van der Waals surface area (Å²) in [6.07, 6.45) is 2.46. The van der Waals surface area contributed by atoms with E-state index < -0.39 is 11.9 Å². The van der Waals surface area contributed by atoms with Crippen LogP contribution >= 0.6 is 0 Å². The van der Waals surface area contributed by atoms with E-state index in [1.165, 1.54) is 0 Å². The van der Waals surface area contributed by atoms with Gasteiger partial charge in [0, 0.05) is 24.3 Å². The first kappa shape index (κ1) is 18.0. The molecule has 0 atom stereocenters. The van der Waals surface area contributed by atoms with Gasteiger partial charge in [0.2, 0.25) is 5.91 Å². The van der Waals surface area contributed by atoms with Crippen molar-refractivity contribution < 1.29 is 19.1 Å². The third-order valence-electron chi connectivity index (χ3n) is 3.92. The largest absolute Gasteiger partial charge is 0.455 e. The number of esters is 1. The maximum atomic E-state index is 12.1. The second kappa shape index (κ2) is 7.95. The van der Waals surface area contributed by atoms with Crippen LogP contribution in [0, 0.1) is 12.8 Å². The standard InChI is InChI=1S/C18H24N2O4/c1-12(2)18(23)24-11-16(21)19-14-8-7-13(3)15(10-14)20-9-5-4-6-17(20)22/h7-8,10,12H,4-6,9,11H2,1-3H3,(H,19,21). The molecule has 6 heteroatoms. The van der Waals surface area contributed by atoms with Gasteiger partial charge in [-0.1, -0.05) is 19.9 Å². The molecule has 0 spiro atoms. The molecular weight excluding hydrogens is 308 g/mol. The molecule has 0 radical (unpaired) electrons. The number of hydrogen-bond donors (Lipinski definition) is 1. The van der Waals surface area contributed by atoms with Gasteiger partial charge in [-0.25, -0.2) is 0 Å². The number of aryl methyl sites for hydroxylation is 1. The van der Waals surface area contributed by atoms with Crippen molar-refractivity contribution in [3.63, 3.8) is 0 Å². The normalized spacial score (nSPS) is 14.7. The van der Waals surface area contributed by atoms with E-state index in [0.29, 0.717) is 18.7 Å². The van der Waals surface area contributed by atoms with Crippen LogP contribution in [0.3, 0.4) is 0 Å². The van der Waals surface area contributed by atoms with Gasteiger partial charge >= 0.3 is 5.97 Å². The molecule has 0 bridgehead atoms. The second-order valence-corrected chi connectivity index (χ2v) is 6.31. The van der Waals surface area contributed by atoms with Gasteiger partial charge in [-0.05, 0) is 37.5 Å². The summed E-state index contributed by atoms with van der Waals surface area (Å²) >= 11 is 0. The summed E-state index contributed by atoms with van der Waals surface area (Å²) < 4.78 is 4.91. The third-order valence-corrected chi connectivity index (χ3v) is 3.92. The first-order valence-corrected chi connectivity index (χ1v) is 8.26. The maximum absolute atomic E-state index is 12.1. The van der Waals surface area contributed by atoms with Crippen molar-refractivity contribution in [2.24, 2.45) is 5.92 Å². The van der Waals surface area contributed by atoms with E-state index in [2.05, 4.69) is 5.32 Å². The molecule has 0 saturated carbocycles. The van der Waals surface area contributed by atoms with Crippen LogP contribution in [0.4, 0.5) is 11.4 Å². The molecule has 6 nitrogen and oxygen atoms in total. The van der Waals surface area contributed by atoms with E-state index in [9.17, 15) is 14.4 Å². The van der Waals surface area contributed by atoms with E-state index in [1.54, 1.807) is 30.9 Å². The lowest BCUT2D eigenvalue weighted by Crippen LogP contribution is -2.35. The van der Waals surface area contributed by atoms with E-state index in [0.717, 1.165) is 24.1 Å². The number of hydrogen-bond acceptors (Lipinski definition) is 4. The highest BCUT2D eigenvalue weighted by Gasteiger charge is 2.21. The average molecular weight is 332 g/mol. The Hall–Kier alpha value is -2.37. The predicted molar refractivity (Wildman–Crippen MR) is 91.8 cm³/mol. The van der Waals surface area contributed by atoms with Gasteiger partial charge in [-0.3, -0.25) is 14.4 Å². The number of nitrogens with one attached hydrogen (secondary N) is 1. The molecule has 1 fully saturated rings. The first-order chi connectivity index (χ1) is 11.4. The quantitative estimate of drug-likeness (QED) is 0.841. The Balaban J connectivity index is 2.03. The zero-order valence-electron chi connectivity index (χ0n) is 14.4. The lowest BCUT2D eigenvalue weighted by atomic mass is 10.1. The summed E-state index contributed by atoms with van der Waals surface area (Å²) in [5, 5.41) is 2.70. The molecule has 2 amide bonds. The summed E-state index contributed by atoms with van der Waals surface area (Å²) in [4.78, 5) is 37.2. The number of anilines is 2. The fourth-order valence-electron chi connectivity index (χ4n) is 2.54. The van der Waals surface area contributed by atoms with E-state index in [4.69, 9.17) is 4.74 Å². The molecule has 1 N–H and O–H groups in total. The Morgan fingerprint density at radius 2 is 2.04 bits per heavy atom. The molecule has 0 unspecified atom stereocenters. The van der Waals surface area contributed by atoms with Crippen molar-refractivity contribution in [1.29, 1.82) is 0 Å². The Labute approximate surface area is 142 Å². The summed E-state index contributed by atoms with van der Waals surface area (Å²) in [5.74, 6) is -0.968. The predicted octanol–water partition coefficient (Wildman–Crippen LogP) is 2.65. The average Bonchev–Trinajstić information content (AvgIpc) is 2.55. The summed E-state index contributed by atoms with van der Waals surface area (Å²) in [6, 6.07) is 5.43. The van der Waals surface area contributed by atoms with Crippen LogP contribution in [-0.4, -0.2) is 30.9 Å². The van der Waals surface area contributed by atoms with E-state index in [1.807, 2.05) is 13.0 Å². The number of rotatable bonds is 5. The zero-order valence-corrected chi connectivity index (χ0v) is 14.4. The second-order valence-electron chi connectivity index (χ2n) is 6.31. The maximum Gasteiger partial charge on any atom is 0.308 e. The SMILES string of the molecule is Cc1ccc(NC(=O)COC(=O)C(C)C)cc1N1CCCCC1=O. The minimum Gasteiger partial charge on any atom is -0.455 e. The lowest BCUT2D eigenvalue weighted by Gasteiger charge is -2.28. The highest BCUT2D eigenvalue weighted by molar-refractivity contribution is 5.97. The molecule has 0 aromatic heterocycles. The van der Waals surface area contributed by atoms with Gasteiger partial charge in [0.15, 0.2) is 6.61 Å². The van der Waals surface area contributed by atoms with E-state index >= 15 is 0 Å². The summed E-state index contributed by atoms with van der Waals surface area (Å²) in [7, 11) is 0. The van der Waals surface area contributed by atoms with Crippen molar-refractivity contribution in [3.05, 3.63) is 23.8 Å². The molecule has 1 aromatic rings. The Kier molecular flexibility index (Phi) is 5.95. The zero-order chi connectivity index (χ0) is 17.7. The third kappa shape index (κ3) is 4.57. The Morgan fingerprint density at radius 1 is 1.29 bits per heavy atom. The number of carbonyl (C=O) groups excluding carboxylic acids is 3. The van der Waals surface area contributed by atoms with Crippen LogP contribution in [0.1, 0.15) is 38.7 Å². The van der Waals surface area contributed by atoms with Crippen LogP contribution in [-0.2, 0) is 19.1 Å². The fourth-order valence-corrected chi connectivity index (χ4v) is 2.54. The van der Waals surface area contributed by atoms with E-state index in [-0.39, 0.29) is 18.4 Å². The molecule has 2 rings (SSSR count). The number of benzene rings is 1. The number of amides is 2. The van der Waals surface area contributed by atoms with Crippen molar-refractivity contribution in [2.45, 2.75) is 40.0 Å². The molecule has 0 aliphatic carbocycles. The van der Waals surface area contributed by atoms with Crippen LogP contribution in [0.15, 0.2) is 18.2 Å². The first-order valence-electron chi connectivity index (χ1n) is 8.26. The lowest BCUT2D eigenvalue weighted by molar-refractivity contribution is -0.150. The van der Waals surface area contributed by atoms with Crippen LogP contribution in [0.5, 0.6) is 0 Å². The van der Waals surface area contributed by atoms with Crippen LogP contribution in [0.25, 0.3) is 0 Å². The molecule has 1 aliphatic heterocycles. The number of ether oxygens (including phenoxy) is 1. The minimum absolute atomic E-state index is 0.110. The van der Waals surface area contributed by atoms with Gasteiger partial charge in [-0.15, -0.1) is 0 Å². The van der Waals surface area contributed by atoms with Crippen molar-refractivity contribution in [1.82, 2.24) is 0 Å². The summed E-state index contributed by atoms with van der Waals surface area (Å²) in [5.41, 5.74) is 2.38. The molecule has 1 aromatic carbocycles. The number of piperidine rings is 1. The van der Waals surface area contributed by atoms with Gasteiger partial charge in [0.05, 0.1) is 5.92 Å². The molecule has 1 saturated heterocycles. The van der Waals surface area contributed by atoms with Gasteiger partial charge in [0.1, 0.15) is 0 Å². The highest BCUT2D eigenvalue weighted by atomic mass is 16.5. The minimum atomic E-state index is -0.409. The van der Waals surface area contributed by atoms with Crippen LogP contribution in [0.2, 0.25) is 0 Å². The topological polar surface area (TPSA) is 75.7 Å². The van der Waals surface area contributed by atoms with Gasteiger partial charge in [-0.2, -0.15) is 0 Å². The molecule has 1 heterocycles. The fraction of sp³-hybridized carbons (Fsp3) is 0.500. The van der Waals surface area contributed by atoms with Crippen molar-refractivity contribution in [2.75, 3.05) is 23.4 Å². The Bertz CT molecular complexity index is 640. The molecule has 130 valence electrons. The van der Waals surface area contributed by atoms with Gasteiger partial charge in [0.25, 0.3) is 5.91 Å². The Morgan fingerprint density at radius 3 is 2.71 bits per heavy atom. The number of nitrogens with zero attached hydrogens (tertiary/aromatic N) is 1.